The second kappa shape index (κ2) is 8.44. The topological polar surface area (TPSA) is 67.4 Å². The lowest BCUT2D eigenvalue weighted by atomic mass is 10.0. The fourth-order valence-corrected chi connectivity index (χ4v) is 2.70. The van der Waals surface area contributed by atoms with E-state index in [1.807, 2.05) is 32.9 Å². The molecule has 5 heteroatoms. The van der Waals surface area contributed by atoms with Crippen molar-refractivity contribution < 1.29 is 14.3 Å². The van der Waals surface area contributed by atoms with Gasteiger partial charge in [-0.15, -0.1) is 0 Å². The first-order valence-corrected chi connectivity index (χ1v) is 8.18. The Kier molecular flexibility index (Phi) is 6.31. The van der Waals surface area contributed by atoms with Crippen LogP contribution in [0.1, 0.15) is 37.4 Å². The average Bonchev–Trinajstić information content (AvgIpc) is 2.58. The predicted octanol–water partition coefficient (Wildman–Crippen LogP) is 3.24. The molecular weight excluding hydrogens is 316 g/mol. The summed E-state index contributed by atoms with van der Waals surface area (Å²) in [6.45, 7) is 6.89. The molecule has 25 heavy (non-hydrogen) atoms. The lowest BCUT2D eigenvalue weighted by Gasteiger charge is -2.13. The molecule has 2 aromatic carbocycles. The smallest absolute Gasteiger partial charge is 0.255 e. The molecule has 0 fully saturated rings. The van der Waals surface area contributed by atoms with Crippen LogP contribution in [0.25, 0.3) is 0 Å². The molecular formula is C20H24N2O3. The molecule has 0 aliphatic rings. The summed E-state index contributed by atoms with van der Waals surface area (Å²) in [6, 6.07) is 10.7. The summed E-state index contributed by atoms with van der Waals surface area (Å²) in [4.78, 5) is 24.4. The molecule has 0 heterocycles. The number of benzene rings is 2. The highest BCUT2D eigenvalue weighted by Gasteiger charge is 2.11. The number of hydrogen-bond donors (Lipinski definition) is 2. The van der Waals surface area contributed by atoms with E-state index < -0.39 is 0 Å². The summed E-state index contributed by atoms with van der Waals surface area (Å²) in [5, 5.41) is 5.70. The number of carbonyl (C=O) groups excluding carboxylic acids is 2. The van der Waals surface area contributed by atoms with E-state index >= 15 is 0 Å². The molecule has 0 aliphatic heterocycles. The Hall–Kier alpha value is -2.66. The van der Waals surface area contributed by atoms with Crippen molar-refractivity contribution in [1.82, 2.24) is 5.32 Å². The van der Waals surface area contributed by atoms with Gasteiger partial charge in [0.05, 0.1) is 6.61 Å². The number of nitrogens with one attached hydrogen (secondary N) is 2. The molecule has 2 N–H and O–H groups in total. The Labute approximate surface area is 148 Å². The van der Waals surface area contributed by atoms with Gasteiger partial charge in [0.25, 0.3) is 11.8 Å². The van der Waals surface area contributed by atoms with E-state index in [1.165, 1.54) is 0 Å². The molecule has 0 bridgehead atoms. The van der Waals surface area contributed by atoms with Crippen LogP contribution in [0.4, 0.5) is 5.69 Å². The number of ether oxygens (including phenoxy) is 1. The van der Waals surface area contributed by atoms with Gasteiger partial charge in [0.1, 0.15) is 0 Å². The molecule has 0 spiro atoms. The second-order valence-electron chi connectivity index (χ2n) is 6.05. The van der Waals surface area contributed by atoms with Crippen molar-refractivity contribution in [3.05, 3.63) is 64.2 Å². The van der Waals surface area contributed by atoms with Gasteiger partial charge in [-0.25, -0.2) is 0 Å². The number of aryl methyl sites for hydroxylation is 3. The van der Waals surface area contributed by atoms with Crippen molar-refractivity contribution >= 4 is 17.5 Å². The zero-order valence-electron chi connectivity index (χ0n) is 15.1. The molecule has 0 saturated heterocycles. The SMILES string of the molecule is COCCNC(=O)c1ccc(C(=O)Nc2c(C)cc(C)cc2C)cc1. The lowest BCUT2D eigenvalue weighted by molar-refractivity contribution is 0.0935. The largest absolute Gasteiger partial charge is 0.383 e. The first-order chi connectivity index (χ1) is 11.9. The number of rotatable bonds is 6. The highest BCUT2D eigenvalue weighted by atomic mass is 16.5. The van der Waals surface area contributed by atoms with Crippen LogP contribution in [-0.4, -0.2) is 32.1 Å². The normalized spacial score (nSPS) is 10.4. The Morgan fingerprint density at radius 3 is 1.96 bits per heavy atom. The Balaban J connectivity index is 2.07. The van der Waals surface area contributed by atoms with Gasteiger partial charge in [0.2, 0.25) is 0 Å². The van der Waals surface area contributed by atoms with Crippen molar-refractivity contribution in [2.24, 2.45) is 0 Å². The summed E-state index contributed by atoms with van der Waals surface area (Å²) < 4.78 is 4.89. The fourth-order valence-electron chi connectivity index (χ4n) is 2.70. The van der Waals surface area contributed by atoms with Crippen molar-refractivity contribution in [2.75, 3.05) is 25.6 Å². The van der Waals surface area contributed by atoms with Crippen LogP contribution in [0.3, 0.4) is 0 Å². The van der Waals surface area contributed by atoms with Crippen molar-refractivity contribution in [2.45, 2.75) is 20.8 Å². The lowest BCUT2D eigenvalue weighted by Crippen LogP contribution is -2.27. The minimum atomic E-state index is -0.193. The maximum absolute atomic E-state index is 12.5. The van der Waals surface area contributed by atoms with Crippen molar-refractivity contribution in [3.8, 4) is 0 Å². The Morgan fingerprint density at radius 1 is 0.920 bits per heavy atom. The molecule has 2 amide bonds. The highest BCUT2D eigenvalue weighted by Crippen LogP contribution is 2.22. The maximum Gasteiger partial charge on any atom is 0.255 e. The molecule has 132 valence electrons. The maximum atomic E-state index is 12.5. The second-order valence-corrected chi connectivity index (χ2v) is 6.05. The van der Waals surface area contributed by atoms with E-state index in [-0.39, 0.29) is 11.8 Å². The van der Waals surface area contributed by atoms with Gasteiger partial charge in [-0.3, -0.25) is 9.59 Å². The first kappa shape index (κ1) is 18.7. The van der Waals surface area contributed by atoms with Gasteiger partial charge in [-0.1, -0.05) is 17.7 Å². The summed E-state index contributed by atoms with van der Waals surface area (Å²) in [7, 11) is 1.58. The van der Waals surface area contributed by atoms with Crippen LogP contribution < -0.4 is 10.6 Å². The van der Waals surface area contributed by atoms with Gasteiger partial charge in [0, 0.05) is 30.5 Å². The molecule has 0 saturated carbocycles. The molecule has 2 aromatic rings. The number of carbonyl (C=O) groups is 2. The molecule has 0 radical (unpaired) electrons. The number of methoxy groups -OCH3 is 1. The molecule has 0 aromatic heterocycles. The number of amides is 2. The molecule has 0 aliphatic carbocycles. The van der Waals surface area contributed by atoms with Crippen molar-refractivity contribution in [3.63, 3.8) is 0 Å². The van der Waals surface area contributed by atoms with Crippen LogP contribution in [-0.2, 0) is 4.74 Å². The van der Waals surface area contributed by atoms with E-state index in [1.54, 1.807) is 31.4 Å². The minimum Gasteiger partial charge on any atom is -0.383 e. The predicted molar refractivity (Wildman–Crippen MR) is 99.3 cm³/mol. The van der Waals surface area contributed by atoms with Gasteiger partial charge >= 0.3 is 0 Å². The quantitative estimate of drug-likeness (QED) is 0.793. The number of hydrogen-bond acceptors (Lipinski definition) is 3. The third-order valence-electron chi connectivity index (χ3n) is 3.92. The minimum absolute atomic E-state index is 0.186. The zero-order valence-corrected chi connectivity index (χ0v) is 15.1. The molecule has 2 rings (SSSR count). The highest BCUT2D eigenvalue weighted by molar-refractivity contribution is 6.05. The molecule has 0 atom stereocenters. The monoisotopic (exact) mass is 340 g/mol. The Bertz CT molecular complexity index is 744. The van der Waals surface area contributed by atoms with E-state index in [2.05, 4.69) is 10.6 Å². The van der Waals surface area contributed by atoms with Crippen LogP contribution in [0.2, 0.25) is 0 Å². The van der Waals surface area contributed by atoms with Crippen LogP contribution in [0.15, 0.2) is 36.4 Å². The Morgan fingerprint density at radius 2 is 1.44 bits per heavy atom. The third-order valence-corrected chi connectivity index (χ3v) is 3.92. The van der Waals surface area contributed by atoms with E-state index in [9.17, 15) is 9.59 Å². The summed E-state index contributed by atoms with van der Waals surface area (Å²) in [5.41, 5.74) is 5.07. The van der Waals surface area contributed by atoms with Gasteiger partial charge < -0.3 is 15.4 Å². The standard InChI is InChI=1S/C20H24N2O3/c1-13-11-14(2)18(15(3)12-13)22-20(24)17-7-5-16(6-8-17)19(23)21-9-10-25-4/h5-8,11-12H,9-10H2,1-4H3,(H,21,23)(H,22,24). The van der Waals surface area contributed by atoms with Crippen molar-refractivity contribution in [1.29, 1.82) is 0 Å². The number of anilines is 1. The summed E-state index contributed by atoms with van der Waals surface area (Å²) in [5.74, 6) is -0.379. The van der Waals surface area contributed by atoms with E-state index in [0.717, 1.165) is 22.4 Å². The summed E-state index contributed by atoms with van der Waals surface area (Å²) >= 11 is 0. The molecule has 5 nitrogen and oxygen atoms in total. The van der Waals surface area contributed by atoms with Gasteiger partial charge in [0.15, 0.2) is 0 Å². The van der Waals surface area contributed by atoms with Gasteiger partial charge in [-0.05, 0) is 56.2 Å². The van der Waals surface area contributed by atoms with Crippen LogP contribution in [0.5, 0.6) is 0 Å². The van der Waals surface area contributed by atoms with Crippen LogP contribution in [0, 0.1) is 20.8 Å². The van der Waals surface area contributed by atoms with E-state index in [0.29, 0.717) is 24.3 Å². The first-order valence-electron chi connectivity index (χ1n) is 8.18. The molecule has 0 unspecified atom stereocenters. The van der Waals surface area contributed by atoms with Gasteiger partial charge in [-0.2, -0.15) is 0 Å². The van der Waals surface area contributed by atoms with E-state index in [4.69, 9.17) is 4.74 Å². The average molecular weight is 340 g/mol. The van der Waals surface area contributed by atoms with Crippen LogP contribution >= 0.6 is 0 Å². The third kappa shape index (κ3) is 4.90. The zero-order chi connectivity index (χ0) is 18.4. The fraction of sp³-hybridized carbons (Fsp3) is 0.300. The summed E-state index contributed by atoms with van der Waals surface area (Å²) in [6.07, 6.45) is 0.